The molecule has 6 heteroatoms. The van der Waals surface area contributed by atoms with Gasteiger partial charge in [-0.1, -0.05) is 0 Å². The summed E-state index contributed by atoms with van der Waals surface area (Å²) in [5, 5.41) is 27.4. The lowest BCUT2D eigenvalue weighted by atomic mass is 9.99. The molecule has 1 aromatic rings. The number of rotatable bonds is 5. The number of aliphatic hydroxyl groups is 2. The van der Waals surface area contributed by atoms with Crippen LogP contribution in [-0.4, -0.2) is 40.8 Å². The van der Waals surface area contributed by atoms with E-state index in [1.165, 1.54) is 25.3 Å². The summed E-state index contributed by atoms with van der Waals surface area (Å²) in [4.78, 5) is 21.3. The number of hydrogen-bond acceptors (Lipinski definition) is 5. The second-order valence-corrected chi connectivity index (χ2v) is 3.34. The molecule has 2 unspecified atom stereocenters. The zero-order chi connectivity index (χ0) is 13.0. The monoisotopic (exact) mass is 240 g/mol. The summed E-state index contributed by atoms with van der Waals surface area (Å²) < 4.78 is 4.89. The molecule has 0 aliphatic heterocycles. The lowest BCUT2D eigenvalue weighted by molar-refractivity contribution is -0.153. The second-order valence-electron chi connectivity index (χ2n) is 3.34. The van der Waals surface area contributed by atoms with Gasteiger partial charge in [0.05, 0.1) is 7.11 Å². The summed E-state index contributed by atoms with van der Waals surface area (Å²) in [6.07, 6.45) is -3.23. The molecule has 1 aromatic carbocycles. The lowest BCUT2D eigenvalue weighted by Crippen LogP contribution is -2.28. The number of carboxylic acids is 1. The van der Waals surface area contributed by atoms with Gasteiger partial charge in [0.2, 0.25) is 0 Å². The van der Waals surface area contributed by atoms with Crippen molar-refractivity contribution in [3.05, 3.63) is 29.3 Å². The summed E-state index contributed by atoms with van der Waals surface area (Å²) in [6, 6.07) is 4.17. The van der Waals surface area contributed by atoms with Crippen LogP contribution >= 0.6 is 0 Å². The maximum Gasteiger partial charge on any atom is 0.335 e. The Bertz CT molecular complexity index is 428. The summed E-state index contributed by atoms with van der Waals surface area (Å²) in [7, 11) is 1.39. The first-order valence-corrected chi connectivity index (χ1v) is 4.73. The van der Waals surface area contributed by atoms with E-state index in [4.69, 9.17) is 9.84 Å². The van der Waals surface area contributed by atoms with Gasteiger partial charge >= 0.3 is 5.97 Å². The number of benzene rings is 1. The minimum atomic E-state index is -2.00. The molecule has 0 radical (unpaired) electrons. The quantitative estimate of drug-likeness (QED) is 0.625. The minimum absolute atomic E-state index is 0.00856. The number of hydrogen-bond donors (Lipinski definition) is 3. The van der Waals surface area contributed by atoms with E-state index in [2.05, 4.69) is 0 Å². The number of aliphatic carboxylic acids is 1. The summed E-state index contributed by atoms with van der Waals surface area (Å²) >= 11 is 0. The van der Waals surface area contributed by atoms with Gasteiger partial charge in [0.1, 0.15) is 18.1 Å². The third-order valence-corrected chi connectivity index (χ3v) is 2.29. The molecule has 0 saturated heterocycles. The van der Waals surface area contributed by atoms with Crippen molar-refractivity contribution in [2.75, 3.05) is 7.11 Å². The number of methoxy groups -OCH3 is 1. The van der Waals surface area contributed by atoms with Crippen molar-refractivity contribution in [3.8, 4) is 5.75 Å². The van der Waals surface area contributed by atoms with E-state index < -0.39 is 18.2 Å². The highest BCUT2D eigenvalue weighted by Gasteiger charge is 2.27. The molecule has 0 saturated carbocycles. The van der Waals surface area contributed by atoms with E-state index in [0.717, 1.165) is 0 Å². The van der Waals surface area contributed by atoms with Crippen molar-refractivity contribution in [2.24, 2.45) is 0 Å². The predicted molar refractivity (Wildman–Crippen MR) is 57.0 cm³/mol. The van der Waals surface area contributed by atoms with Gasteiger partial charge in [-0.25, -0.2) is 4.79 Å². The SMILES string of the molecule is COc1ccc(C=O)c(C(O)C(O)C(=O)O)c1. The Kier molecular flexibility index (Phi) is 4.19. The standard InChI is InChI=1S/C11H12O6/c1-17-7-3-2-6(5-12)8(4-7)9(13)10(14)11(15)16/h2-5,9-10,13-14H,1H3,(H,15,16). The summed E-state index contributed by atoms with van der Waals surface area (Å²) in [5.74, 6) is -1.22. The van der Waals surface area contributed by atoms with Crippen molar-refractivity contribution < 1.29 is 29.6 Å². The number of carboxylic acid groups (broad SMARTS) is 1. The molecule has 0 aromatic heterocycles. The highest BCUT2D eigenvalue weighted by molar-refractivity contribution is 5.79. The van der Waals surface area contributed by atoms with Crippen LogP contribution in [0.25, 0.3) is 0 Å². The average molecular weight is 240 g/mol. The Hall–Kier alpha value is -1.92. The predicted octanol–water partition coefficient (Wildman–Crippen LogP) is -0.0134. The molecule has 0 fully saturated rings. The number of aldehydes is 1. The number of carbonyl (C=O) groups is 2. The molecule has 0 aliphatic carbocycles. The summed E-state index contributed by atoms with van der Waals surface area (Å²) in [6.45, 7) is 0. The van der Waals surface area contributed by atoms with E-state index in [-0.39, 0.29) is 11.1 Å². The van der Waals surface area contributed by atoms with E-state index in [1.807, 2.05) is 0 Å². The Balaban J connectivity index is 3.17. The van der Waals surface area contributed by atoms with Crippen LogP contribution in [0.3, 0.4) is 0 Å². The molecular weight excluding hydrogens is 228 g/mol. The van der Waals surface area contributed by atoms with Crippen molar-refractivity contribution in [1.82, 2.24) is 0 Å². The maximum absolute atomic E-state index is 10.7. The molecule has 0 bridgehead atoms. The Morgan fingerprint density at radius 3 is 2.53 bits per heavy atom. The first-order chi connectivity index (χ1) is 8.01. The zero-order valence-corrected chi connectivity index (χ0v) is 9.03. The van der Waals surface area contributed by atoms with Gasteiger partial charge in [-0.2, -0.15) is 0 Å². The van der Waals surface area contributed by atoms with Crippen LogP contribution in [0.2, 0.25) is 0 Å². The average Bonchev–Trinajstić information content (AvgIpc) is 2.35. The molecule has 2 atom stereocenters. The van der Waals surface area contributed by atoms with E-state index >= 15 is 0 Å². The second kappa shape index (κ2) is 5.42. The lowest BCUT2D eigenvalue weighted by Gasteiger charge is -2.16. The van der Waals surface area contributed by atoms with Gasteiger partial charge < -0.3 is 20.1 Å². The Morgan fingerprint density at radius 2 is 2.06 bits per heavy atom. The summed E-state index contributed by atoms with van der Waals surface area (Å²) in [5.41, 5.74) is 0.104. The number of carbonyl (C=O) groups excluding carboxylic acids is 1. The van der Waals surface area contributed by atoms with Crippen LogP contribution in [0.5, 0.6) is 5.75 Å². The van der Waals surface area contributed by atoms with E-state index in [1.54, 1.807) is 0 Å². The third-order valence-electron chi connectivity index (χ3n) is 2.29. The van der Waals surface area contributed by atoms with Crippen LogP contribution < -0.4 is 4.74 Å². The van der Waals surface area contributed by atoms with Gasteiger partial charge in [-0.15, -0.1) is 0 Å². The minimum Gasteiger partial charge on any atom is -0.497 e. The van der Waals surface area contributed by atoms with Crippen molar-refractivity contribution in [3.63, 3.8) is 0 Å². The van der Waals surface area contributed by atoms with Gasteiger partial charge in [0.25, 0.3) is 0 Å². The van der Waals surface area contributed by atoms with Crippen LogP contribution in [0, 0.1) is 0 Å². The van der Waals surface area contributed by atoms with Crippen LogP contribution in [0.4, 0.5) is 0 Å². The fourth-order valence-electron chi connectivity index (χ4n) is 1.35. The largest absolute Gasteiger partial charge is 0.497 e. The van der Waals surface area contributed by atoms with Gasteiger partial charge in [0, 0.05) is 5.56 Å². The van der Waals surface area contributed by atoms with Gasteiger partial charge in [-0.3, -0.25) is 4.79 Å². The normalized spacial score (nSPS) is 13.8. The van der Waals surface area contributed by atoms with Crippen LogP contribution in [-0.2, 0) is 4.79 Å². The molecule has 17 heavy (non-hydrogen) atoms. The fourth-order valence-corrected chi connectivity index (χ4v) is 1.35. The van der Waals surface area contributed by atoms with Crippen LogP contribution in [0.15, 0.2) is 18.2 Å². The highest BCUT2D eigenvalue weighted by Crippen LogP contribution is 2.25. The van der Waals surface area contributed by atoms with E-state index in [9.17, 15) is 19.8 Å². The molecule has 0 amide bonds. The number of ether oxygens (including phenoxy) is 1. The zero-order valence-electron chi connectivity index (χ0n) is 9.03. The molecular formula is C11H12O6. The first kappa shape index (κ1) is 13.1. The third kappa shape index (κ3) is 2.80. The Labute approximate surface area is 97.1 Å². The maximum atomic E-state index is 10.7. The molecule has 0 spiro atoms. The van der Waals surface area contributed by atoms with Crippen molar-refractivity contribution >= 4 is 12.3 Å². The smallest absolute Gasteiger partial charge is 0.335 e. The Morgan fingerprint density at radius 1 is 1.41 bits per heavy atom. The van der Waals surface area contributed by atoms with Gasteiger partial charge in [0.15, 0.2) is 6.10 Å². The molecule has 1 rings (SSSR count). The highest BCUT2D eigenvalue weighted by atomic mass is 16.5. The molecule has 6 nitrogen and oxygen atoms in total. The topological polar surface area (TPSA) is 104 Å². The fraction of sp³-hybridized carbons (Fsp3) is 0.273. The molecule has 0 heterocycles. The van der Waals surface area contributed by atoms with E-state index in [0.29, 0.717) is 12.0 Å². The molecule has 0 aliphatic rings. The molecule has 3 N–H and O–H groups in total. The molecule has 92 valence electrons. The van der Waals surface area contributed by atoms with Crippen LogP contribution in [0.1, 0.15) is 22.0 Å². The van der Waals surface area contributed by atoms with Gasteiger partial charge in [-0.05, 0) is 23.8 Å². The number of aliphatic hydroxyl groups excluding tert-OH is 2. The van der Waals surface area contributed by atoms with Crippen molar-refractivity contribution in [1.29, 1.82) is 0 Å². The first-order valence-electron chi connectivity index (χ1n) is 4.73. The van der Waals surface area contributed by atoms with Crippen molar-refractivity contribution in [2.45, 2.75) is 12.2 Å².